The molecule has 1 aliphatic carbocycles. The highest BCUT2D eigenvalue weighted by Gasteiger charge is 2.16. The quantitative estimate of drug-likeness (QED) is 0.663. The van der Waals surface area contributed by atoms with Crippen molar-refractivity contribution in [1.29, 1.82) is 0 Å². The maximum Gasteiger partial charge on any atom is 0.251 e. The minimum absolute atomic E-state index is 0.0702. The van der Waals surface area contributed by atoms with Crippen LogP contribution in [0.1, 0.15) is 55.8 Å². The highest BCUT2D eigenvalue weighted by Crippen LogP contribution is 2.25. The lowest BCUT2D eigenvalue weighted by molar-refractivity contribution is -0.122. The first-order chi connectivity index (χ1) is 12.0. The van der Waals surface area contributed by atoms with E-state index in [4.69, 9.17) is 0 Å². The lowest BCUT2D eigenvalue weighted by Crippen LogP contribution is -2.35. The van der Waals surface area contributed by atoms with E-state index in [1.807, 2.05) is 0 Å². The summed E-state index contributed by atoms with van der Waals surface area (Å²) in [5, 5.41) is 8.29. The largest absolute Gasteiger partial charge is 0.354 e. The second-order valence-corrected chi connectivity index (χ2v) is 6.57. The predicted octanol–water partition coefficient (Wildman–Crippen LogP) is 2.46. The van der Waals surface area contributed by atoms with Crippen LogP contribution >= 0.6 is 0 Å². The molecule has 0 spiro atoms. The number of carbonyl (C=O) groups excluding carboxylic acids is 3. The Morgan fingerprint density at radius 3 is 2.24 bits per heavy atom. The lowest BCUT2D eigenvalue weighted by atomic mass is 9.87. The van der Waals surface area contributed by atoms with Crippen molar-refractivity contribution >= 4 is 23.4 Å². The van der Waals surface area contributed by atoms with Gasteiger partial charge in [0.05, 0.1) is 0 Å². The average molecular weight is 345 g/mol. The second-order valence-electron chi connectivity index (χ2n) is 6.57. The average Bonchev–Trinajstić information content (AvgIpc) is 2.59. The molecule has 0 radical (unpaired) electrons. The number of nitrogens with one attached hydrogen (secondary N) is 3. The zero-order chi connectivity index (χ0) is 18.1. The first-order valence-electron chi connectivity index (χ1n) is 8.97. The third-order valence-electron chi connectivity index (χ3n) is 4.40. The van der Waals surface area contributed by atoms with Gasteiger partial charge in [0.15, 0.2) is 0 Å². The molecule has 1 aliphatic rings. The molecule has 0 aromatic heterocycles. The molecule has 25 heavy (non-hydrogen) atoms. The van der Waals surface area contributed by atoms with Crippen molar-refractivity contribution in [1.82, 2.24) is 10.6 Å². The van der Waals surface area contributed by atoms with Gasteiger partial charge in [-0.2, -0.15) is 0 Å². The molecule has 0 atom stereocenters. The molecular weight excluding hydrogens is 318 g/mol. The second kappa shape index (κ2) is 9.81. The lowest BCUT2D eigenvalue weighted by Gasteiger charge is -2.20. The molecule has 0 heterocycles. The Kier molecular flexibility index (Phi) is 7.44. The van der Waals surface area contributed by atoms with Gasteiger partial charge in [0.25, 0.3) is 5.91 Å². The third-order valence-corrected chi connectivity index (χ3v) is 4.40. The molecule has 136 valence electrons. The van der Waals surface area contributed by atoms with E-state index in [9.17, 15) is 14.4 Å². The Morgan fingerprint density at radius 2 is 1.60 bits per heavy atom. The van der Waals surface area contributed by atoms with E-state index in [1.54, 1.807) is 24.3 Å². The van der Waals surface area contributed by atoms with Gasteiger partial charge >= 0.3 is 0 Å². The highest BCUT2D eigenvalue weighted by molar-refractivity contribution is 5.95. The number of amides is 3. The van der Waals surface area contributed by atoms with Crippen LogP contribution < -0.4 is 16.0 Å². The van der Waals surface area contributed by atoms with E-state index in [0.717, 1.165) is 12.8 Å². The van der Waals surface area contributed by atoms with Gasteiger partial charge in [-0.25, -0.2) is 0 Å². The van der Waals surface area contributed by atoms with Gasteiger partial charge in [0.1, 0.15) is 0 Å². The van der Waals surface area contributed by atoms with Crippen molar-refractivity contribution in [3.63, 3.8) is 0 Å². The molecule has 1 saturated carbocycles. The number of benzene rings is 1. The fraction of sp³-hybridized carbons (Fsp3) is 0.526. The van der Waals surface area contributed by atoms with E-state index >= 15 is 0 Å². The van der Waals surface area contributed by atoms with E-state index in [1.165, 1.54) is 26.2 Å². The summed E-state index contributed by atoms with van der Waals surface area (Å²) in [5.41, 5.74) is 1.17. The van der Waals surface area contributed by atoms with Crippen molar-refractivity contribution < 1.29 is 14.4 Å². The Bertz CT molecular complexity index is 592. The summed E-state index contributed by atoms with van der Waals surface area (Å²) in [6.07, 6.45) is 6.65. The van der Waals surface area contributed by atoms with Crippen molar-refractivity contribution in [2.45, 2.75) is 45.4 Å². The van der Waals surface area contributed by atoms with Crippen LogP contribution in [0.15, 0.2) is 24.3 Å². The molecule has 6 heteroatoms. The molecule has 3 amide bonds. The third kappa shape index (κ3) is 6.95. The monoisotopic (exact) mass is 345 g/mol. The number of carbonyl (C=O) groups is 3. The van der Waals surface area contributed by atoms with E-state index in [-0.39, 0.29) is 17.7 Å². The molecule has 0 unspecified atom stereocenters. The molecule has 1 fully saturated rings. The van der Waals surface area contributed by atoms with Crippen molar-refractivity contribution in [3.8, 4) is 0 Å². The zero-order valence-electron chi connectivity index (χ0n) is 14.8. The minimum Gasteiger partial charge on any atom is -0.354 e. The van der Waals surface area contributed by atoms with Gasteiger partial charge in [-0.1, -0.05) is 19.3 Å². The molecule has 2 rings (SSSR count). The highest BCUT2D eigenvalue weighted by atomic mass is 16.2. The molecule has 3 N–H and O–H groups in total. The number of hydrogen-bond acceptors (Lipinski definition) is 3. The number of rotatable bonds is 7. The summed E-state index contributed by atoms with van der Waals surface area (Å²) < 4.78 is 0. The first-order valence-corrected chi connectivity index (χ1v) is 8.97. The Labute approximate surface area is 148 Å². The normalized spacial score (nSPS) is 14.6. The summed E-state index contributed by atoms with van der Waals surface area (Å²) in [4.78, 5) is 34.9. The van der Waals surface area contributed by atoms with Gasteiger partial charge in [-0.15, -0.1) is 0 Å². The van der Waals surface area contributed by atoms with Gasteiger partial charge in [0.2, 0.25) is 11.8 Å². The van der Waals surface area contributed by atoms with Crippen LogP contribution in [0.5, 0.6) is 0 Å². The van der Waals surface area contributed by atoms with Crippen LogP contribution in [0, 0.1) is 5.92 Å². The molecule has 0 saturated heterocycles. The van der Waals surface area contributed by atoms with E-state index < -0.39 is 0 Å². The van der Waals surface area contributed by atoms with Crippen molar-refractivity contribution in [2.24, 2.45) is 5.92 Å². The van der Waals surface area contributed by atoms with E-state index in [2.05, 4.69) is 16.0 Å². The summed E-state index contributed by atoms with van der Waals surface area (Å²) in [6.45, 7) is 2.26. The molecule has 0 bridgehead atoms. The Morgan fingerprint density at radius 1 is 0.960 bits per heavy atom. The Balaban J connectivity index is 1.64. The molecule has 1 aromatic rings. The molecule has 1 aromatic carbocycles. The first kappa shape index (κ1) is 19.0. The maximum absolute atomic E-state index is 12.0. The minimum atomic E-state index is -0.198. The summed E-state index contributed by atoms with van der Waals surface area (Å²) in [5.74, 6) is 0.239. The number of anilines is 1. The standard InChI is InChI=1S/C19H27N3O3/c1-14(23)22-17-9-7-16(8-10-17)19(25)21-12-11-20-18(24)13-15-5-3-2-4-6-15/h7-10,15H,2-6,11-13H2,1H3,(H,20,24)(H,21,25)(H,22,23). The van der Waals surface area contributed by atoms with Gasteiger partial charge in [-0.3, -0.25) is 14.4 Å². The van der Waals surface area contributed by atoms with Crippen molar-refractivity contribution in [2.75, 3.05) is 18.4 Å². The van der Waals surface area contributed by atoms with Crippen LogP contribution in [0.25, 0.3) is 0 Å². The smallest absolute Gasteiger partial charge is 0.251 e. The SMILES string of the molecule is CC(=O)Nc1ccc(C(=O)NCCNC(=O)CC2CCCCC2)cc1. The van der Waals surface area contributed by atoms with E-state index in [0.29, 0.717) is 36.7 Å². The fourth-order valence-corrected chi connectivity index (χ4v) is 3.11. The van der Waals surface area contributed by atoms with Crippen LogP contribution in [0.2, 0.25) is 0 Å². The summed E-state index contributed by atoms with van der Waals surface area (Å²) in [7, 11) is 0. The number of hydrogen-bond donors (Lipinski definition) is 3. The van der Waals surface area contributed by atoms with Gasteiger partial charge in [-0.05, 0) is 43.0 Å². The molecule has 6 nitrogen and oxygen atoms in total. The predicted molar refractivity (Wildman–Crippen MR) is 97.3 cm³/mol. The Hall–Kier alpha value is -2.37. The van der Waals surface area contributed by atoms with Gasteiger partial charge < -0.3 is 16.0 Å². The van der Waals surface area contributed by atoms with Crippen LogP contribution in [-0.2, 0) is 9.59 Å². The van der Waals surface area contributed by atoms with Crippen LogP contribution in [-0.4, -0.2) is 30.8 Å². The molecular formula is C19H27N3O3. The van der Waals surface area contributed by atoms with Crippen molar-refractivity contribution in [3.05, 3.63) is 29.8 Å². The topological polar surface area (TPSA) is 87.3 Å². The van der Waals surface area contributed by atoms with Gasteiger partial charge in [0, 0.05) is 37.7 Å². The summed E-state index contributed by atoms with van der Waals surface area (Å²) in [6, 6.07) is 6.68. The van der Waals surface area contributed by atoms with Crippen LogP contribution in [0.4, 0.5) is 5.69 Å². The maximum atomic E-state index is 12.0. The molecule has 0 aliphatic heterocycles. The zero-order valence-corrected chi connectivity index (χ0v) is 14.8. The summed E-state index contributed by atoms with van der Waals surface area (Å²) >= 11 is 0. The fourth-order valence-electron chi connectivity index (χ4n) is 3.11. The van der Waals surface area contributed by atoms with Crippen LogP contribution in [0.3, 0.4) is 0 Å².